The quantitative estimate of drug-likeness (QED) is 0.244. The van der Waals surface area contributed by atoms with Crippen LogP contribution in [0.2, 0.25) is 5.02 Å². The number of nitrogens with zero attached hydrogens (tertiary/aromatic N) is 3. The van der Waals surface area contributed by atoms with Crippen molar-refractivity contribution in [2.75, 3.05) is 10.6 Å². The van der Waals surface area contributed by atoms with Crippen molar-refractivity contribution in [1.29, 1.82) is 0 Å². The van der Waals surface area contributed by atoms with Gasteiger partial charge in [0.2, 0.25) is 0 Å². The van der Waals surface area contributed by atoms with Gasteiger partial charge in [-0.2, -0.15) is 5.10 Å². The number of carbonyl (C=O) groups is 2. The summed E-state index contributed by atoms with van der Waals surface area (Å²) in [6, 6.07) is 17.8. The van der Waals surface area contributed by atoms with E-state index in [1.54, 1.807) is 67.1 Å². The number of nitrogens with one attached hydrogen (secondary N) is 3. The highest BCUT2D eigenvalue weighted by Crippen LogP contribution is 2.27. The van der Waals surface area contributed by atoms with E-state index in [0.29, 0.717) is 16.3 Å². The number of aromatic nitrogens is 2. The maximum Gasteiger partial charge on any atom is 0.329 e. The first-order chi connectivity index (χ1) is 15.6. The summed E-state index contributed by atoms with van der Waals surface area (Å²) in [6.07, 6.45) is 6.30. The molecule has 0 bridgehead atoms. The SMILES string of the molecule is O=C(N/N=C/c1cccnc1)C(=O)Nc1ccc(Nc2ccnc3cc(Cl)ccc23)cc1. The lowest BCUT2D eigenvalue weighted by Gasteiger charge is -2.11. The number of carbonyl (C=O) groups excluding carboxylic acids is 2. The molecule has 8 nitrogen and oxygen atoms in total. The lowest BCUT2D eigenvalue weighted by atomic mass is 10.2. The number of rotatable bonds is 5. The van der Waals surface area contributed by atoms with Crippen LogP contribution in [0.5, 0.6) is 0 Å². The zero-order valence-electron chi connectivity index (χ0n) is 16.6. The summed E-state index contributed by atoms with van der Waals surface area (Å²) >= 11 is 6.03. The Kier molecular flexibility index (Phi) is 6.33. The average Bonchev–Trinajstić information content (AvgIpc) is 2.81. The molecule has 4 rings (SSSR count). The molecular weight excluding hydrogens is 428 g/mol. The van der Waals surface area contributed by atoms with Crippen molar-refractivity contribution in [3.8, 4) is 0 Å². The molecule has 0 aliphatic rings. The van der Waals surface area contributed by atoms with Gasteiger partial charge in [-0.15, -0.1) is 0 Å². The first kappa shape index (κ1) is 21.0. The predicted octanol–water partition coefficient (Wildman–Crippen LogP) is 4.12. The van der Waals surface area contributed by atoms with Crippen LogP contribution in [0.1, 0.15) is 5.56 Å². The lowest BCUT2D eigenvalue weighted by molar-refractivity contribution is -0.136. The molecule has 0 aliphatic carbocycles. The van der Waals surface area contributed by atoms with Crippen molar-refractivity contribution >= 4 is 57.6 Å². The molecule has 2 aromatic carbocycles. The fraction of sp³-hybridized carbons (Fsp3) is 0. The molecule has 0 spiro atoms. The molecule has 2 aromatic heterocycles. The minimum absolute atomic E-state index is 0.471. The molecule has 0 saturated carbocycles. The number of halogens is 1. The molecule has 0 saturated heterocycles. The predicted molar refractivity (Wildman–Crippen MR) is 125 cm³/mol. The molecule has 2 heterocycles. The molecule has 4 aromatic rings. The van der Waals surface area contributed by atoms with E-state index in [-0.39, 0.29) is 0 Å². The van der Waals surface area contributed by atoms with E-state index < -0.39 is 11.8 Å². The third-order valence-electron chi connectivity index (χ3n) is 4.40. The van der Waals surface area contributed by atoms with Crippen LogP contribution in [0.4, 0.5) is 17.1 Å². The van der Waals surface area contributed by atoms with E-state index >= 15 is 0 Å². The molecule has 2 amide bonds. The number of pyridine rings is 2. The van der Waals surface area contributed by atoms with Gasteiger partial charge in [-0.25, -0.2) is 5.43 Å². The standard InChI is InChI=1S/C23H17ClN6O2/c24-16-3-8-19-20(9-11-26-21(19)12-16)28-17-4-6-18(7-5-17)29-22(31)23(32)30-27-14-15-2-1-10-25-13-15/h1-14H,(H,26,28)(H,29,31)(H,30,32)/b27-14+. The summed E-state index contributed by atoms with van der Waals surface area (Å²) in [5.74, 6) is -1.71. The molecule has 32 heavy (non-hydrogen) atoms. The Bertz CT molecular complexity index is 1290. The van der Waals surface area contributed by atoms with Crippen LogP contribution in [0.25, 0.3) is 10.9 Å². The van der Waals surface area contributed by atoms with E-state index in [2.05, 4.69) is 31.1 Å². The first-order valence-corrected chi connectivity index (χ1v) is 9.92. The summed E-state index contributed by atoms with van der Waals surface area (Å²) in [4.78, 5) is 32.2. The third kappa shape index (κ3) is 5.24. The van der Waals surface area contributed by atoms with Crippen molar-refractivity contribution in [2.45, 2.75) is 0 Å². The number of hydrogen-bond donors (Lipinski definition) is 3. The normalized spacial score (nSPS) is 10.8. The van der Waals surface area contributed by atoms with Gasteiger partial charge in [0.25, 0.3) is 0 Å². The second-order valence-electron chi connectivity index (χ2n) is 6.66. The number of anilines is 3. The monoisotopic (exact) mass is 444 g/mol. The van der Waals surface area contributed by atoms with Crippen LogP contribution in [0.3, 0.4) is 0 Å². The number of fused-ring (bicyclic) bond motifs is 1. The van der Waals surface area contributed by atoms with Crippen LogP contribution in [0, 0.1) is 0 Å². The molecule has 158 valence electrons. The van der Waals surface area contributed by atoms with Gasteiger partial charge in [0.1, 0.15) is 0 Å². The first-order valence-electron chi connectivity index (χ1n) is 9.54. The topological polar surface area (TPSA) is 108 Å². The van der Waals surface area contributed by atoms with Gasteiger partial charge < -0.3 is 10.6 Å². The molecule has 3 N–H and O–H groups in total. The van der Waals surface area contributed by atoms with Crippen LogP contribution in [-0.2, 0) is 9.59 Å². The Morgan fingerprint density at radius 3 is 2.53 bits per heavy atom. The number of amides is 2. The molecular formula is C23H17ClN6O2. The number of hydrogen-bond acceptors (Lipinski definition) is 6. The Morgan fingerprint density at radius 2 is 1.75 bits per heavy atom. The Morgan fingerprint density at radius 1 is 0.938 bits per heavy atom. The minimum Gasteiger partial charge on any atom is -0.355 e. The van der Waals surface area contributed by atoms with Crippen molar-refractivity contribution in [3.63, 3.8) is 0 Å². The molecule has 0 unspecified atom stereocenters. The van der Waals surface area contributed by atoms with Gasteiger partial charge in [0.15, 0.2) is 0 Å². The highest BCUT2D eigenvalue weighted by atomic mass is 35.5. The highest BCUT2D eigenvalue weighted by molar-refractivity contribution is 6.39. The van der Waals surface area contributed by atoms with Crippen molar-refractivity contribution in [1.82, 2.24) is 15.4 Å². The third-order valence-corrected chi connectivity index (χ3v) is 4.63. The number of benzene rings is 2. The maximum absolute atomic E-state index is 12.1. The van der Waals surface area contributed by atoms with E-state index in [0.717, 1.165) is 22.3 Å². The summed E-state index contributed by atoms with van der Waals surface area (Å²) in [7, 11) is 0. The van der Waals surface area contributed by atoms with E-state index in [1.165, 1.54) is 6.21 Å². The van der Waals surface area contributed by atoms with E-state index in [9.17, 15) is 9.59 Å². The van der Waals surface area contributed by atoms with Crippen molar-refractivity contribution < 1.29 is 9.59 Å². The molecule has 0 radical (unpaired) electrons. The van der Waals surface area contributed by atoms with E-state index in [4.69, 9.17) is 11.6 Å². The van der Waals surface area contributed by atoms with Crippen molar-refractivity contribution in [2.24, 2.45) is 5.10 Å². The fourth-order valence-electron chi connectivity index (χ4n) is 2.88. The fourth-order valence-corrected chi connectivity index (χ4v) is 3.05. The summed E-state index contributed by atoms with van der Waals surface area (Å²) < 4.78 is 0. The maximum atomic E-state index is 12.1. The summed E-state index contributed by atoms with van der Waals surface area (Å²) in [5, 5.41) is 11.1. The zero-order valence-corrected chi connectivity index (χ0v) is 17.4. The summed E-state index contributed by atoms with van der Waals surface area (Å²) in [6.45, 7) is 0. The Hall–Kier alpha value is -4.30. The summed E-state index contributed by atoms with van der Waals surface area (Å²) in [5.41, 5.74) is 5.80. The lowest BCUT2D eigenvalue weighted by Crippen LogP contribution is -2.32. The largest absolute Gasteiger partial charge is 0.355 e. The van der Waals surface area contributed by atoms with Crippen LogP contribution in [-0.4, -0.2) is 28.0 Å². The second-order valence-corrected chi connectivity index (χ2v) is 7.10. The molecule has 0 atom stereocenters. The van der Waals surface area contributed by atoms with Crippen LogP contribution in [0.15, 0.2) is 84.4 Å². The van der Waals surface area contributed by atoms with Gasteiger partial charge in [0.05, 0.1) is 11.7 Å². The van der Waals surface area contributed by atoms with Crippen LogP contribution < -0.4 is 16.1 Å². The van der Waals surface area contributed by atoms with Crippen LogP contribution >= 0.6 is 11.6 Å². The minimum atomic E-state index is -0.880. The second kappa shape index (κ2) is 9.67. The van der Waals surface area contributed by atoms with Gasteiger partial charge >= 0.3 is 11.8 Å². The zero-order chi connectivity index (χ0) is 22.3. The molecule has 0 aliphatic heterocycles. The van der Waals surface area contributed by atoms with Gasteiger partial charge in [-0.05, 0) is 54.6 Å². The van der Waals surface area contributed by atoms with Gasteiger partial charge in [-0.3, -0.25) is 19.6 Å². The van der Waals surface area contributed by atoms with E-state index in [1.807, 2.05) is 12.1 Å². The average molecular weight is 445 g/mol. The van der Waals surface area contributed by atoms with Gasteiger partial charge in [-0.1, -0.05) is 17.7 Å². The van der Waals surface area contributed by atoms with Crippen molar-refractivity contribution in [3.05, 3.63) is 89.8 Å². The highest BCUT2D eigenvalue weighted by Gasteiger charge is 2.13. The Balaban J connectivity index is 1.36. The molecule has 0 fully saturated rings. The Labute approximate surface area is 188 Å². The molecule has 9 heteroatoms. The van der Waals surface area contributed by atoms with Gasteiger partial charge in [0, 0.05) is 51.6 Å². The number of hydrazone groups is 1. The smallest absolute Gasteiger partial charge is 0.329 e.